The third-order valence-electron chi connectivity index (χ3n) is 2.24. The minimum absolute atomic E-state index is 0.515. The molecule has 0 aliphatic heterocycles. The molecule has 2 aromatic carbocycles. The van der Waals surface area contributed by atoms with Crippen molar-refractivity contribution in [1.29, 1.82) is 5.41 Å². The Morgan fingerprint density at radius 3 is 2.13 bits per heavy atom. The van der Waals surface area contributed by atoms with Crippen LogP contribution in [-0.2, 0) is 0 Å². The maximum Gasteiger partial charge on any atom is 0.0695 e. The van der Waals surface area contributed by atoms with Gasteiger partial charge in [-0.25, -0.2) is 0 Å². The van der Waals surface area contributed by atoms with Gasteiger partial charge in [-0.05, 0) is 6.07 Å². The smallest absolute Gasteiger partial charge is 0.0695 e. The highest BCUT2D eigenvalue weighted by Crippen LogP contribution is 2.17. The van der Waals surface area contributed by atoms with Gasteiger partial charge in [-0.2, -0.15) is 0 Å². The maximum atomic E-state index is 8.06. The molecule has 0 bridgehead atoms. The average molecular weight is 213 g/mol. The molecule has 1 nitrogen and oxygen atoms in total. The molecule has 0 spiro atoms. The lowest BCUT2D eigenvalue weighted by atomic mass is 10.0. The highest BCUT2D eigenvalue weighted by atomic mass is 32.1. The van der Waals surface area contributed by atoms with Crippen LogP contribution in [0.3, 0.4) is 0 Å². The van der Waals surface area contributed by atoms with Crippen LogP contribution < -0.4 is 0 Å². The minimum Gasteiger partial charge on any atom is -0.300 e. The third-order valence-corrected chi connectivity index (χ3v) is 2.63. The van der Waals surface area contributed by atoms with E-state index in [0.29, 0.717) is 5.71 Å². The van der Waals surface area contributed by atoms with Gasteiger partial charge in [-0.15, -0.1) is 12.6 Å². The molecule has 15 heavy (non-hydrogen) atoms. The molecule has 2 aromatic rings. The van der Waals surface area contributed by atoms with Gasteiger partial charge in [0, 0.05) is 16.0 Å². The monoisotopic (exact) mass is 213 g/mol. The lowest BCUT2D eigenvalue weighted by Crippen LogP contribution is -2.01. The Morgan fingerprint density at radius 1 is 0.867 bits per heavy atom. The van der Waals surface area contributed by atoms with Crippen LogP contribution in [0, 0.1) is 5.41 Å². The van der Waals surface area contributed by atoms with Crippen molar-refractivity contribution >= 4 is 18.3 Å². The molecule has 1 N–H and O–H groups in total. The Kier molecular flexibility index (Phi) is 2.88. The van der Waals surface area contributed by atoms with E-state index in [1.807, 2.05) is 54.6 Å². The van der Waals surface area contributed by atoms with Crippen LogP contribution in [0.1, 0.15) is 11.1 Å². The van der Waals surface area contributed by atoms with Crippen molar-refractivity contribution in [2.75, 3.05) is 0 Å². The molecular weight excluding hydrogens is 202 g/mol. The Bertz CT molecular complexity index is 477. The second kappa shape index (κ2) is 4.32. The van der Waals surface area contributed by atoms with Gasteiger partial charge in [0.25, 0.3) is 0 Å². The zero-order chi connectivity index (χ0) is 10.7. The van der Waals surface area contributed by atoms with Gasteiger partial charge in [0.2, 0.25) is 0 Å². The molecule has 0 aliphatic rings. The second-order valence-electron chi connectivity index (χ2n) is 3.26. The van der Waals surface area contributed by atoms with E-state index in [-0.39, 0.29) is 0 Å². The molecule has 0 aliphatic carbocycles. The van der Waals surface area contributed by atoms with E-state index in [2.05, 4.69) is 12.6 Å². The van der Waals surface area contributed by atoms with Crippen LogP contribution in [0.4, 0.5) is 0 Å². The number of hydrogen-bond acceptors (Lipinski definition) is 2. The van der Waals surface area contributed by atoms with E-state index in [4.69, 9.17) is 5.41 Å². The first-order chi connectivity index (χ1) is 7.29. The van der Waals surface area contributed by atoms with Gasteiger partial charge in [0.05, 0.1) is 5.71 Å². The summed E-state index contributed by atoms with van der Waals surface area (Å²) in [6.45, 7) is 0. The Hall–Kier alpha value is -1.54. The fraction of sp³-hybridized carbons (Fsp3) is 0. The zero-order valence-electron chi connectivity index (χ0n) is 8.14. The fourth-order valence-corrected chi connectivity index (χ4v) is 1.72. The van der Waals surface area contributed by atoms with Crippen molar-refractivity contribution in [3.05, 3.63) is 65.7 Å². The molecule has 0 amide bonds. The molecule has 0 radical (unpaired) electrons. The summed E-state index contributed by atoms with van der Waals surface area (Å²) in [5.41, 5.74) is 2.30. The normalized spacial score (nSPS) is 9.93. The SMILES string of the molecule is N=C(c1ccccc1)c1ccccc1S. The summed E-state index contributed by atoms with van der Waals surface area (Å²) in [5, 5.41) is 8.06. The van der Waals surface area contributed by atoms with E-state index in [1.165, 1.54) is 0 Å². The Morgan fingerprint density at radius 2 is 1.47 bits per heavy atom. The van der Waals surface area contributed by atoms with Crippen LogP contribution in [0.25, 0.3) is 0 Å². The molecule has 2 heteroatoms. The number of benzene rings is 2. The number of thiol groups is 1. The summed E-state index contributed by atoms with van der Waals surface area (Å²) < 4.78 is 0. The molecule has 0 heterocycles. The van der Waals surface area contributed by atoms with E-state index in [0.717, 1.165) is 16.0 Å². The minimum atomic E-state index is 0.515. The molecule has 0 saturated carbocycles. The standard InChI is InChI=1S/C13H11NS/c14-13(10-6-2-1-3-7-10)11-8-4-5-9-12(11)15/h1-9,14-15H. The second-order valence-corrected chi connectivity index (χ2v) is 3.74. The number of rotatable bonds is 2. The molecule has 2 rings (SSSR count). The number of hydrogen-bond donors (Lipinski definition) is 2. The van der Waals surface area contributed by atoms with Crippen molar-refractivity contribution in [2.24, 2.45) is 0 Å². The van der Waals surface area contributed by atoms with E-state index >= 15 is 0 Å². The topological polar surface area (TPSA) is 23.9 Å². The van der Waals surface area contributed by atoms with Crippen molar-refractivity contribution in [1.82, 2.24) is 0 Å². The van der Waals surface area contributed by atoms with Gasteiger partial charge in [0.15, 0.2) is 0 Å². The quantitative estimate of drug-likeness (QED) is 0.564. The van der Waals surface area contributed by atoms with Gasteiger partial charge in [-0.1, -0.05) is 48.5 Å². The highest BCUT2D eigenvalue weighted by molar-refractivity contribution is 7.80. The molecule has 0 atom stereocenters. The summed E-state index contributed by atoms with van der Waals surface area (Å²) in [5.74, 6) is 0. The predicted octanol–water partition coefficient (Wildman–Crippen LogP) is 3.39. The summed E-state index contributed by atoms with van der Waals surface area (Å²) >= 11 is 4.35. The molecule has 0 fully saturated rings. The van der Waals surface area contributed by atoms with Crippen LogP contribution in [0.2, 0.25) is 0 Å². The van der Waals surface area contributed by atoms with Crippen molar-refractivity contribution in [3.8, 4) is 0 Å². The zero-order valence-corrected chi connectivity index (χ0v) is 9.04. The maximum absolute atomic E-state index is 8.06. The number of nitrogens with one attached hydrogen (secondary N) is 1. The van der Waals surface area contributed by atoms with E-state index in [1.54, 1.807) is 0 Å². The molecule has 74 valence electrons. The van der Waals surface area contributed by atoms with Gasteiger partial charge >= 0.3 is 0 Å². The van der Waals surface area contributed by atoms with Crippen LogP contribution in [0.15, 0.2) is 59.5 Å². The van der Waals surface area contributed by atoms with E-state index in [9.17, 15) is 0 Å². The summed E-state index contributed by atoms with van der Waals surface area (Å²) in [6.07, 6.45) is 0. The highest BCUT2D eigenvalue weighted by Gasteiger charge is 2.06. The predicted molar refractivity (Wildman–Crippen MR) is 66.1 cm³/mol. The van der Waals surface area contributed by atoms with E-state index < -0.39 is 0 Å². The van der Waals surface area contributed by atoms with Gasteiger partial charge < -0.3 is 0 Å². The first kappa shape index (κ1) is 9.99. The lowest BCUT2D eigenvalue weighted by molar-refractivity contribution is 1.37. The lowest BCUT2D eigenvalue weighted by Gasteiger charge is -2.06. The molecular formula is C13H11NS. The fourth-order valence-electron chi connectivity index (χ4n) is 1.45. The van der Waals surface area contributed by atoms with Crippen molar-refractivity contribution < 1.29 is 0 Å². The summed E-state index contributed by atoms with van der Waals surface area (Å²) in [6, 6.07) is 17.3. The third kappa shape index (κ3) is 2.10. The van der Waals surface area contributed by atoms with Gasteiger partial charge in [0.1, 0.15) is 0 Å². The molecule has 0 saturated heterocycles. The largest absolute Gasteiger partial charge is 0.300 e. The Labute approximate surface area is 94.7 Å². The van der Waals surface area contributed by atoms with Crippen molar-refractivity contribution in [2.45, 2.75) is 4.90 Å². The molecule has 0 unspecified atom stereocenters. The van der Waals surface area contributed by atoms with Crippen molar-refractivity contribution in [3.63, 3.8) is 0 Å². The Balaban J connectivity index is 2.42. The first-order valence-electron chi connectivity index (χ1n) is 4.71. The summed E-state index contributed by atoms with van der Waals surface area (Å²) in [7, 11) is 0. The van der Waals surface area contributed by atoms with Crippen LogP contribution in [0.5, 0.6) is 0 Å². The molecule has 0 aromatic heterocycles. The van der Waals surface area contributed by atoms with Crippen LogP contribution >= 0.6 is 12.6 Å². The van der Waals surface area contributed by atoms with Crippen LogP contribution in [-0.4, -0.2) is 5.71 Å². The first-order valence-corrected chi connectivity index (χ1v) is 5.16. The average Bonchev–Trinajstić information content (AvgIpc) is 2.30. The summed E-state index contributed by atoms with van der Waals surface area (Å²) in [4.78, 5) is 0.839. The van der Waals surface area contributed by atoms with Gasteiger partial charge in [-0.3, -0.25) is 5.41 Å².